The fraction of sp³-hybridized carbons (Fsp3) is 0.0769. The summed E-state index contributed by atoms with van der Waals surface area (Å²) in [6.45, 7) is 0. The van der Waals surface area contributed by atoms with Crippen LogP contribution < -0.4 is 9.47 Å². The number of rotatable bonds is 3. The van der Waals surface area contributed by atoms with Gasteiger partial charge in [-0.05, 0) is 30.3 Å². The molecule has 0 heterocycles. The molecular formula is C13H11O2. The second-order valence-electron chi connectivity index (χ2n) is 2.99. The highest BCUT2D eigenvalue weighted by molar-refractivity contribution is 5.42. The first-order valence-corrected chi connectivity index (χ1v) is 4.67. The van der Waals surface area contributed by atoms with E-state index in [1.807, 2.05) is 48.5 Å². The van der Waals surface area contributed by atoms with Gasteiger partial charge in [-0.25, -0.2) is 0 Å². The van der Waals surface area contributed by atoms with Crippen molar-refractivity contribution in [3.05, 3.63) is 54.6 Å². The first kappa shape index (κ1) is 9.59. The van der Waals surface area contributed by atoms with Gasteiger partial charge >= 0.3 is 0 Å². The van der Waals surface area contributed by atoms with Crippen LogP contribution in [-0.4, -0.2) is 7.11 Å². The number of benzene rings is 2. The van der Waals surface area contributed by atoms with E-state index in [-0.39, 0.29) is 0 Å². The molecule has 0 fully saturated rings. The summed E-state index contributed by atoms with van der Waals surface area (Å²) in [7, 11) is 1.63. The van der Waals surface area contributed by atoms with Crippen LogP contribution in [-0.2, 0) is 0 Å². The molecule has 0 aromatic heterocycles. The van der Waals surface area contributed by atoms with Gasteiger partial charge in [-0.1, -0.05) is 24.3 Å². The maximum atomic E-state index is 5.66. The van der Waals surface area contributed by atoms with E-state index in [0.29, 0.717) is 5.75 Å². The van der Waals surface area contributed by atoms with Crippen molar-refractivity contribution in [1.82, 2.24) is 0 Å². The Bertz CT molecular complexity index is 424. The van der Waals surface area contributed by atoms with Crippen LogP contribution in [0.2, 0.25) is 0 Å². The molecule has 0 N–H and O–H groups in total. The van der Waals surface area contributed by atoms with E-state index in [9.17, 15) is 0 Å². The second kappa shape index (κ2) is 4.51. The zero-order valence-electron chi connectivity index (χ0n) is 8.44. The molecule has 0 unspecified atom stereocenters. The Morgan fingerprint density at radius 3 is 2.27 bits per heavy atom. The molecular weight excluding hydrogens is 188 g/mol. The van der Waals surface area contributed by atoms with Gasteiger partial charge in [-0.2, -0.15) is 0 Å². The minimum atomic E-state index is 0.714. The van der Waals surface area contributed by atoms with Crippen molar-refractivity contribution in [3.8, 4) is 17.2 Å². The molecule has 2 nitrogen and oxygen atoms in total. The van der Waals surface area contributed by atoms with Crippen molar-refractivity contribution in [3.63, 3.8) is 0 Å². The van der Waals surface area contributed by atoms with Crippen molar-refractivity contribution >= 4 is 0 Å². The molecule has 0 saturated heterocycles. The highest BCUT2D eigenvalue weighted by atomic mass is 16.5. The maximum absolute atomic E-state index is 5.66. The Morgan fingerprint density at radius 2 is 1.60 bits per heavy atom. The number of methoxy groups -OCH3 is 1. The van der Waals surface area contributed by atoms with E-state index in [4.69, 9.17) is 9.47 Å². The standard InChI is InChI=1S/C13H11O2/c1-14-12-9-5-6-10-13(12)15-11-7-3-2-4-8-11/h3-10H,1H3. The van der Waals surface area contributed by atoms with Gasteiger partial charge in [-0.3, -0.25) is 0 Å². The van der Waals surface area contributed by atoms with Crippen molar-refractivity contribution in [1.29, 1.82) is 0 Å². The van der Waals surface area contributed by atoms with E-state index in [1.165, 1.54) is 0 Å². The molecule has 2 rings (SSSR count). The van der Waals surface area contributed by atoms with Gasteiger partial charge in [0.1, 0.15) is 5.75 Å². The summed E-state index contributed by atoms with van der Waals surface area (Å²) < 4.78 is 10.8. The number of hydrogen-bond acceptors (Lipinski definition) is 2. The van der Waals surface area contributed by atoms with E-state index < -0.39 is 0 Å². The zero-order chi connectivity index (χ0) is 10.5. The van der Waals surface area contributed by atoms with E-state index in [0.717, 1.165) is 11.5 Å². The molecule has 75 valence electrons. The number of hydrogen-bond donors (Lipinski definition) is 0. The van der Waals surface area contributed by atoms with Gasteiger partial charge < -0.3 is 9.47 Å². The van der Waals surface area contributed by atoms with Crippen molar-refractivity contribution in [2.24, 2.45) is 0 Å². The highest BCUT2D eigenvalue weighted by Gasteiger charge is 2.02. The molecule has 0 bridgehead atoms. The zero-order valence-corrected chi connectivity index (χ0v) is 8.44. The van der Waals surface area contributed by atoms with Gasteiger partial charge in [0, 0.05) is 0 Å². The van der Waals surface area contributed by atoms with Gasteiger partial charge in [-0.15, -0.1) is 0 Å². The Labute approximate surface area is 89.1 Å². The Morgan fingerprint density at radius 1 is 0.933 bits per heavy atom. The smallest absolute Gasteiger partial charge is 0.169 e. The van der Waals surface area contributed by atoms with Crippen LogP contribution in [0.3, 0.4) is 0 Å². The van der Waals surface area contributed by atoms with Gasteiger partial charge in [0.05, 0.1) is 7.11 Å². The Balaban J connectivity index is 2.24. The monoisotopic (exact) mass is 199 g/mol. The van der Waals surface area contributed by atoms with Gasteiger partial charge in [0.25, 0.3) is 0 Å². The normalized spacial score (nSPS) is 9.67. The predicted molar refractivity (Wildman–Crippen MR) is 58.3 cm³/mol. The quantitative estimate of drug-likeness (QED) is 0.755. The van der Waals surface area contributed by atoms with Gasteiger partial charge in [0.15, 0.2) is 11.5 Å². The fourth-order valence-corrected chi connectivity index (χ4v) is 1.27. The summed E-state index contributed by atoms with van der Waals surface area (Å²) in [5.74, 6) is 2.22. The summed E-state index contributed by atoms with van der Waals surface area (Å²) in [5.41, 5.74) is 0. The third-order valence-electron chi connectivity index (χ3n) is 1.98. The molecule has 0 amide bonds. The minimum Gasteiger partial charge on any atom is -0.493 e. The van der Waals surface area contributed by atoms with Crippen LogP contribution in [0.5, 0.6) is 17.2 Å². The lowest BCUT2D eigenvalue weighted by molar-refractivity contribution is 0.379. The average Bonchev–Trinajstić information content (AvgIpc) is 2.31. The summed E-state index contributed by atoms with van der Waals surface area (Å²) >= 11 is 0. The van der Waals surface area contributed by atoms with Crippen LogP contribution >= 0.6 is 0 Å². The summed E-state index contributed by atoms with van der Waals surface area (Å²) in [5, 5.41) is 0. The van der Waals surface area contributed by atoms with Crippen LogP contribution in [0.1, 0.15) is 0 Å². The number of ether oxygens (including phenoxy) is 2. The molecule has 1 radical (unpaired) electrons. The molecule has 15 heavy (non-hydrogen) atoms. The first-order valence-electron chi connectivity index (χ1n) is 4.67. The maximum Gasteiger partial charge on any atom is 0.169 e. The largest absolute Gasteiger partial charge is 0.493 e. The number of para-hydroxylation sites is 2. The van der Waals surface area contributed by atoms with E-state index in [2.05, 4.69) is 6.07 Å². The predicted octanol–water partition coefficient (Wildman–Crippen LogP) is 3.29. The van der Waals surface area contributed by atoms with Crippen molar-refractivity contribution < 1.29 is 9.47 Å². The van der Waals surface area contributed by atoms with E-state index in [1.54, 1.807) is 7.11 Å². The topological polar surface area (TPSA) is 18.5 Å². The highest BCUT2D eigenvalue weighted by Crippen LogP contribution is 2.30. The third-order valence-corrected chi connectivity index (χ3v) is 1.98. The van der Waals surface area contributed by atoms with E-state index >= 15 is 0 Å². The molecule has 0 spiro atoms. The van der Waals surface area contributed by atoms with Crippen LogP contribution in [0, 0.1) is 6.07 Å². The SMILES string of the molecule is COc1ccccc1Oc1cc[c]cc1. The van der Waals surface area contributed by atoms with Crippen LogP contribution in [0.15, 0.2) is 48.5 Å². The van der Waals surface area contributed by atoms with Crippen molar-refractivity contribution in [2.75, 3.05) is 7.11 Å². The summed E-state index contributed by atoms with van der Waals surface area (Å²) in [6, 6.07) is 17.8. The second-order valence-corrected chi connectivity index (χ2v) is 2.99. The van der Waals surface area contributed by atoms with Gasteiger partial charge in [0.2, 0.25) is 0 Å². The molecule has 0 aliphatic heterocycles. The van der Waals surface area contributed by atoms with Crippen LogP contribution in [0.25, 0.3) is 0 Å². The first-order chi connectivity index (χ1) is 7.40. The third kappa shape index (κ3) is 2.29. The summed E-state index contributed by atoms with van der Waals surface area (Å²) in [4.78, 5) is 0. The molecule has 0 aliphatic carbocycles. The molecule has 2 aromatic carbocycles. The molecule has 2 heteroatoms. The Hall–Kier alpha value is -1.96. The average molecular weight is 199 g/mol. The lowest BCUT2D eigenvalue weighted by Gasteiger charge is -2.09. The molecule has 2 aromatic rings. The summed E-state index contributed by atoms with van der Waals surface area (Å²) in [6.07, 6.45) is 0. The minimum absolute atomic E-state index is 0.714. The lowest BCUT2D eigenvalue weighted by Crippen LogP contribution is -1.89. The van der Waals surface area contributed by atoms with Crippen LogP contribution in [0.4, 0.5) is 0 Å². The fourth-order valence-electron chi connectivity index (χ4n) is 1.27. The Kier molecular flexibility index (Phi) is 2.88. The molecule has 0 saturated carbocycles. The van der Waals surface area contributed by atoms with Crippen molar-refractivity contribution in [2.45, 2.75) is 0 Å². The molecule has 0 aliphatic rings. The lowest BCUT2D eigenvalue weighted by atomic mass is 10.3. The molecule has 0 atom stereocenters.